The van der Waals surface area contributed by atoms with Crippen LogP contribution in [0.1, 0.15) is 57.4 Å². The van der Waals surface area contributed by atoms with Gasteiger partial charge in [0.15, 0.2) is 0 Å². The third kappa shape index (κ3) is 5.10. The van der Waals surface area contributed by atoms with E-state index in [0.29, 0.717) is 28.3 Å². The highest BCUT2D eigenvalue weighted by Gasteiger charge is 2.48. The van der Waals surface area contributed by atoms with Gasteiger partial charge in [-0.2, -0.15) is 0 Å². The average molecular weight is 500 g/mol. The number of para-hydroxylation sites is 1. The van der Waals surface area contributed by atoms with Crippen molar-refractivity contribution < 1.29 is 24.2 Å². The summed E-state index contributed by atoms with van der Waals surface area (Å²) in [6.07, 6.45) is -0.0624. The Balaban J connectivity index is 1.92. The van der Waals surface area contributed by atoms with Gasteiger partial charge >= 0.3 is 0 Å². The van der Waals surface area contributed by atoms with Crippen LogP contribution in [0.4, 0.5) is 5.69 Å². The summed E-state index contributed by atoms with van der Waals surface area (Å²) < 4.78 is 11.4. The first-order chi connectivity index (χ1) is 17.5. The molecule has 0 saturated carbocycles. The molecule has 0 bridgehead atoms. The lowest BCUT2D eigenvalue weighted by atomic mass is 9.87. The minimum atomic E-state index is -0.883. The number of methoxy groups -OCH3 is 1. The molecule has 6 heteroatoms. The molecule has 1 atom stereocenters. The summed E-state index contributed by atoms with van der Waals surface area (Å²) in [4.78, 5) is 28.4. The lowest BCUT2D eigenvalue weighted by Crippen LogP contribution is -2.29. The molecular formula is C31H33NO5. The quantitative estimate of drug-likeness (QED) is 0.241. The van der Waals surface area contributed by atoms with Gasteiger partial charge < -0.3 is 14.6 Å². The number of carbonyl (C=O) groups excluding carboxylic acids is 2. The summed E-state index contributed by atoms with van der Waals surface area (Å²) in [6.45, 7) is 10.1. The van der Waals surface area contributed by atoms with Crippen molar-refractivity contribution in [1.29, 1.82) is 0 Å². The van der Waals surface area contributed by atoms with Gasteiger partial charge in [-0.25, -0.2) is 0 Å². The number of aliphatic hydroxyl groups is 1. The number of ketones is 1. The second-order valence-corrected chi connectivity index (χ2v) is 10.4. The minimum Gasteiger partial charge on any atom is -0.507 e. The molecule has 6 nitrogen and oxygen atoms in total. The molecule has 0 aromatic heterocycles. The van der Waals surface area contributed by atoms with Crippen LogP contribution in [0.15, 0.2) is 78.4 Å². The van der Waals surface area contributed by atoms with E-state index < -0.39 is 17.7 Å². The maximum absolute atomic E-state index is 13.5. The molecule has 1 fully saturated rings. The monoisotopic (exact) mass is 499 g/mol. The second kappa shape index (κ2) is 10.1. The van der Waals surface area contributed by atoms with Crippen molar-refractivity contribution in [3.63, 3.8) is 0 Å². The van der Waals surface area contributed by atoms with E-state index in [-0.39, 0.29) is 22.9 Å². The van der Waals surface area contributed by atoms with E-state index in [1.807, 2.05) is 50.2 Å². The van der Waals surface area contributed by atoms with Crippen LogP contribution in [0.2, 0.25) is 0 Å². The largest absolute Gasteiger partial charge is 0.507 e. The third-order valence-corrected chi connectivity index (χ3v) is 6.37. The van der Waals surface area contributed by atoms with Gasteiger partial charge in [-0.3, -0.25) is 14.5 Å². The first-order valence-corrected chi connectivity index (χ1v) is 12.3. The van der Waals surface area contributed by atoms with Gasteiger partial charge in [0, 0.05) is 16.8 Å². The number of anilines is 1. The van der Waals surface area contributed by atoms with Crippen molar-refractivity contribution in [1.82, 2.24) is 0 Å². The second-order valence-electron chi connectivity index (χ2n) is 10.4. The number of rotatable bonds is 6. The molecule has 3 aromatic rings. The van der Waals surface area contributed by atoms with Crippen LogP contribution in [-0.2, 0) is 15.0 Å². The van der Waals surface area contributed by atoms with Crippen molar-refractivity contribution in [2.75, 3.05) is 12.0 Å². The normalized spacial score (nSPS) is 17.4. The van der Waals surface area contributed by atoms with Crippen LogP contribution in [0.5, 0.6) is 11.5 Å². The first-order valence-electron chi connectivity index (χ1n) is 12.3. The zero-order valence-electron chi connectivity index (χ0n) is 22.1. The van der Waals surface area contributed by atoms with Crippen molar-refractivity contribution in [3.05, 3.63) is 95.1 Å². The molecular weight excluding hydrogens is 466 g/mol. The van der Waals surface area contributed by atoms with Crippen molar-refractivity contribution >= 4 is 23.1 Å². The predicted octanol–water partition coefficient (Wildman–Crippen LogP) is 6.41. The zero-order valence-corrected chi connectivity index (χ0v) is 22.1. The Morgan fingerprint density at radius 2 is 1.62 bits per heavy atom. The Labute approximate surface area is 218 Å². The van der Waals surface area contributed by atoms with E-state index in [1.165, 1.54) is 12.0 Å². The Morgan fingerprint density at radius 3 is 2.24 bits per heavy atom. The van der Waals surface area contributed by atoms with E-state index >= 15 is 0 Å². The van der Waals surface area contributed by atoms with E-state index in [4.69, 9.17) is 9.47 Å². The Hall–Kier alpha value is -4.06. The highest BCUT2D eigenvalue weighted by Crippen LogP contribution is 2.45. The topological polar surface area (TPSA) is 76.1 Å². The number of aliphatic hydroxyl groups excluding tert-OH is 1. The molecule has 1 N–H and O–H groups in total. The van der Waals surface area contributed by atoms with E-state index in [1.54, 1.807) is 36.4 Å². The third-order valence-electron chi connectivity index (χ3n) is 6.37. The maximum atomic E-state index is 13.5. The number of Topliss-reactive ketones (excluding diaryl/α,β-unsaturated/α-hetero) is 1. The van der Waals surface area contributed by atoms with Crippen LogP contribution in [-0.4, -0.2) is 30.0 Å². The summed E-state index contributed by atoms with van der Waals surface area (Å²) in [5.41, 5.74) is 2.57. The highest BCUT2D eigenvalue weighted by atomic mass is 16.5. The summed E-state index contributed by atoms with van der Waals surface area (Å²) in [5.74, 6) is -0.676. The molecule has 0 spiro atoms. The number of benzene rings is 3. The maximum Gasteiger partial charge on any atom is 0.300 e. The fourth-order valence-corrected chi connectivity index (χ4v) is 4.55. The zero-order chi connectivity index (χ0) is 26.9. The molecule has 192 valence electrons. The number of carbonyl (C=O) groups is 2. The molecule has 4 rings (SSSR count). The molecule has 1 aliphatic heterocycles. The predicted molar refractivity (Wildman–Crippen MR) is 145 cm³/mol. The Kier molecular flexibility index (Phi) is 7.12. The van der Waals surface area contributed by atoms with Gasteiger partial charge in [0.25, 0.3) is 11.7 Å². The van der Waals surface area contributed by atoms with Gasteiger partial charge in [-0.05, 0) is 55.2 Å². The van der Waals surface area contributed by atoms with Crippen molar-refractivity contribution in [2.45, 2.75) is 52.2 Å². The van der Waals surface area contributed by atoms with E-state index in [2.05, 4.69) is 20.8 Å². The Morgan fingerprint density at radius 1 is 0.946 bits per heavy atom. The smallest absolute Gasteiger partial charge is 0.300 e. The standard InChI is InChI=1S/C31H33NO5/c1-19(2)37-23-11-9-10-20(18-23)28(33)26-27(24-12-7-8-13-25(24)36-6)32(30(35)29(26)34)22-16-14-21(15-17-22)31(3,4)5/h7-19,27,33H,1-6H3/b28-26+. The highest BCUT2D eigenvalue weighted by molar-refractivity contribution is 6.51. The van der Waals surface area contributed by atoms with Crippen LogP contribution in [0, 0.1) is 0 Å². The molecule has 1 saturated heterocycles. The SMILES string of the molecule is COc1ccccc1C1/C(=C(\O)c2cccc(OC(C)C)c2)C(=O)C(=O)N1c1ccc(C(C)(C)C)cc1. The van der Waals surface area contributed by atoms with Gasteiger partial charge in [0.05, 0.1) is 24.8 Å². The average Bonchev–Trinajstić information content (AvgIpc) is 3.13. The van der Waals surface area contributed by atoms with E-state index in [9.17, 15) is 14.7 Å². The Bertz CT molecular complexity index is 1350. The summed E-state index contributed by atoms with van der Waals surface area (Å²) >= 11 is 0. The number of amides is 1. The molecule has 1 heterocycles. The molecule has 37 heavy (non-hydrogen) atoms. The number of nitrogens with zero attached hydrogens (tertiary/aromatic N) is 1. The van der Waals surface area contributed by atoms with Crippen LogP contribution < -0.4 is 14.4 Å². The van der Waals surface area contributed by atoms with Gasteiger partial charge in [0.2, 0.25) is 0 Å². The molecule has 1 aliphatic rings. The van der Waals surface area contributed by atoms with Gasteiger partial charge in [-0.15, -0.1) is 0 Å². The van der Waals surface area contributed by atoms with Crippen LogP contribution in [0.25, 0.3) is 5.76 Å². The molecule has 1 amide bonds. The summed E-state index contributed by atoms with van der Waals surface area (Å²) in [5, 5.41) is 11.5. The summed E-state index contributed by atoms with van der Waals surface area (Å²) in [6, 6.07) is 20.8. The van der Waals surface area contributed by atoms with Crippen molar-refractivity contribution in [2.24, 2.45) is 0 Å². The molecule has 0 aliphatic carbocycles. The molecule has 3 aromatic carbocycles. The van der Waals surface area contributed by atoms with E-state index in [0.717, 1.165) is 5.56 Å². The minimum absolute atomic E-state index is 0.00362. The van der Waals surface area contributed by atoms with Crippen LogP contribution in [0.3, 0.4) is 0 Å². The number of hydrogen-bond donors (Lipinski definition) is 1. The fraction of sp³-hybridized carbons (Fsp3) is 0.290. The lowest BCUT2D eigenvalue weighted by Gasteiger charge is -2.27. The number of hydrogen-bond acceptors (Lipinski definition) is 5. The lowest BCUT2D eigenvalue weighted by molar-refractivity contribution is -0.132. The fourth-order valence-electron chi connectivity index (χ4n) is 4.55. The molecule has 1 unspecified atom stereocenters. The van der Waals surface area contributed by atoms with Crippen LogP contribution >= 0.6 is 0 Å². The number of ether oxygens (including phenoxy) is 2. The first kappa shape index (κ1) is 26.0. The van der Waals surface area contributed by atoms with Crippen molar-refractivity contribution in [3.8, 4) is 11.5 Å². The van der Waals surface area contributed by atoms with Gasteiger partial charge in [0.1, 0.15) is 17.3 Å². The summed E-state index contributed by atoms with van der Waals surface area (Å²) in [7, 11) is 1.54. The molecule has 0 radical (unpaired) electrons. The van der Waals surface area contributed by atoms with Gasteiger partial charge in [-0.1, -0.05) is 63.2 Å².